The average Bonchev–Trinajstić information content (AvgIpc) is 2.43. The summed E-state index contributed by atoms with van der Waals surface area (Å²) in [5.74, 6) is 1.36. The molecule has 0 radical (unpaired) electrons. The first-order chi connectivity index (χ1) is 9.52. The van der Waals surface area contributed by atoms with Gasteiger partial charge in [-0.1, -0.05) is 13.0 Å². The van der Waals surface area contributed by atoms with Gasteiger partial charge in [0.25, 0.3) is 0 Å². The molecule has 1 aromatic carbocycles. The van der Waals surface area contributed by atoms with Gasteiger partial charge in [-0.3, -0.25) is 0 Å². The maximum atomic E-state index is 10.5. The lowest BCUT2D eigenvalue weighted by Gasteiger charge is -2.35. The largest absolute Gasteiger partial charge is 0.504 e. The lowest BCUT2D eigenvalue weighted by Crippen LogP contribution is -2.43. The lowest BCUT2D eigenvalue weighted by molar-refractivity contribution is -0.00630. The Morgan fingerprint density at radius 2 is 2.05 bits per heavy atom. The topological polar surface area (TPSA) is 61.7 Å². The van der Waals surface area contributed by atoms with Gasteiger partial charge in [0.1, 0.15) is 0 Å². The van der Waals surface area contributed by atoms with E-state index in [4.69, 9.17) is 4.74 Å². The van der Waals surface area contributed by atoms with Crippen LogP contribution in [0, 0.1) is 5.92 Å². The highest BCUT2D eigenvalue weighted by atomic mass is 16.5. The zero-order chi connectivity index (χ0) is 14.6. The summed E-state index contributed by atoms with van der Waals surface area (Å²) < 4.78 is 5.02. The SMILES string of the molecule is COc1ccc(CNCC2(O)CCC(C)CC2)cc1O. The van der Waals surface area contributed by atoms with Gasteiger partial charge in [-0.25, -0.2) is 0 Å². The van der Waals surface area contributed by atoms with Crippen LogP contribution < -0.4 is 10.1 Å². The molecule has 20 heavy (non-hydrogen) atoms. The maximum absolute atomic E-state index is 10.5. The molecular formula is C16H25NO3. The van der Waals surface area contributed by atoms with Gasteiger partial charge >= 0.3 is 0 Å². The molecule has 0 spiro atoms. The second-order valence-corrected chi connectivity index (χ2v) is 6.02. The van der Waals surface area contributed by atoms with E-state index in [0.717, 1.165) is 37.2 Å². The molecule has 4 heteroatoms. The number of aromatic hydroxyl groups is 1. The summed E-state index contributed by atoms with van der Waals surface area (Å²) >= 11 is 0. The number of aliphatic hydroxyl groups is 1. The smallest absolute Gasteiger partial charge is 0.160 e. The molecule has 1 aromatic rings. The summed E-state index contributed by atoms with van der Waals surface area (Å²) in [6.07, 6.45) is 3.94. The van der Waals surface area contributed by atoms with Gasteiger partial charge in [0.2, 0.25) is 0 Å². The minimum Gasteiger partial charge on any atom is -0.504 e. The summed E-state index contributed by atoms with van der Waals surface area (Å²) in [6, 6.07) is 5.36. The zero-order valence-electron chi connectivity index (χ0n) is 12.4. The molecule has 3 N–H and O–H groups in total. The van der Waals surface area contributed by atoms with Gasteiger partial charge in [0.15, 0.2) is 11.5 Å². The van der Waals surface area contributed by atoms with E-state index in [0.29, 0.717) is 18.8 Å². The van der Waals surface area contributed by atoms with Crippen molar-refractivity contribution in [2.45, 2.75) is 44.8 Å². The molecule has 1 aliphatic carbocycles. The second-order valence-electron chi connectivity index (χ2n) is 6.02. The van der Waals surface area contributed by atoms with Crippen molar-refractivity contribution in [3.63, 3.8) is 0 Å². The van der Waals surface area contributed by atoms with Crippen LogP contribution in [0.15, 0.2) is 18.2 Å². The van der Waals surface area contributed by atoms with Gasteiger partial charge in [0, 0.05) is 13.1 Å². The number of phenols is 1. The van der Waals surface area contributed by atoms with Gasteiger partial charge in [0.05, 0.1) is 12.7 Å². The molecule has 0 aromatic heterocycles. The molecule has 0 aliphatic heterocycles. The summed E-state index contributed by atoms with van der Waals surface area (Å²) in [4.78, 5) is 0. The third-order valence-corrected chi connectivity index (χ3v) is 4.23. The fraction of sp³-hybridized carbons (Fsp3) is 0.625. The van der Waals surface area contributed by atoms with Gasteiger partial charge < -0.3 is 20.3 Å². The summed E-state index contributed by atoms with van der Waals surface area (Å²) in [5.41, 5.74) is 0.414. The van der Waals surface area contributed by atoms with Crippen molar-refractivity contribution < 1.29 is 14.9 Å². The summed E-state index contributed by atoms with van der Waals surface area (Å²) in [7, 11) is 1.53. The standard InChI is InChI=1S/C16H25NO3/c1-12-5-7-16(19,8-6-12)11-17-10-13-3-4-15(20-2)14(18)9-13/h3-4,9,12,17-19H,5-8,10-11H2,1-2H3. The number of methoxy groups -OCH3 is 1. The molecule has 0 heterocycles. The van der Waals surface area contributed by atoms with Crippen molar-refractivity contribution >= 4 is 0 Å². The van der Waals surface area contributed by atoms with Crippen LogP contribution in [0.2, 0.25) is 0 Å². The first-order valence-corrected chi connectivity index (χ1v) is 7.31. The van der Waals surface area contributed by atoms with E-state index in [9.17, 15) is 10.2 Å². The van der Waals surface area contributed by atoms with Crippen LogP contribution >= 0.6 is 0 Å². The fourth-order valence-corrected chi connectivity index (χ4v) is 2.76. The van der Waals surface area contributed by atoms with Crippen LogP contribution in [-0.2, 0) is 6.54 Å². The Morgan fingerprint density at radius 1 is 1.35 bits per heavy atom. The van der Waals surface area contributed by atoms with Crippen LogP contribution in [0.4, 0.5) is 0 Å². The first kappa shape index (κ1) is 15.1. The van der Waals surface area contributed by atoms with Gasteiger partial charge in [-0.05, 0) is 49.3 Å². The van der Waals surface area contributed by atoms with Crippen molar-refractivity contribution in [3.8, 4) is 11.5 Å². The molecular weight excluding hydrogens is 254 g/mol. The molecule has 1 saturated carbocycles. The number of phenolic OH excluding ortho intramolecular Hbond substituents is 1. The quantitative estimate of drug-likeness (QED) is 0.774. The highest BCUT2D eigenvalue weighted by molar-refractivity contribution is 5.41. The first-order valence-electron chi connectivity index (χ1n) is 7.31. The molecule has 0 atom stereocenters. The predicted molar refractivity (Wildman–Crippen MR) is 78.9 cm³/mol. The molecule has 2 rings (SSSR count). The molecule has 0 unspecified atom stereocenters. The van der Waals surface area contributed by atoms with Crippen molar-refractivity contribution in [3.05, 3.63) is 23.8 Å². The Kier molecular flexibility index (Phi) is 4.89. The number of benzene rings is 1. The van der Waals surface area contributed by atoms with Crippen molar-refractivity contribution in [2.75, 3.05) is 13.7 Å². The van der Waals surface area contributed by atoms with E-state index in [2.05, 4.69) is 12.2 Å². The normalized spacial score (nSPS) is 26.4. The van der Waals surface area contributed by atoms with Crippen LogP contribution in [0.3, 0.4) is 0 Å². The van der Waals surface area contributed by atoms with E-state index in [1.54, 1.807) is 12.1 Å². The monoisotopic (exact) mass is 279 g/mol. The Morgan fingerprint density at radius 3 is 2.65 bits per heavy atom. The fourth-order valence-electron chi connectivity index (χ4n) is 2.76. The molecule has 0 bridgehead atoms. The third-order valence-electron chi connectivity index (χ3n) is 4.23. The number of hydrogen-bond acceptors (Lipinski definition) is 4. The molecule has 1 aliphatic rings. The van der Waals surface area contributed by atoms with E-state index < -0.39 is 5.60 Å². The minimum absolute atomic E-state index is 0.150. The molecule has 0 saturated heterocycles. The van der Waals surface area contributed by atoms with E-state index in [1.807, 2.05) is 6.07 Å². The van der Waals surface area contributed by atoms with Crippen molar-refractivity contribution in [1.29, 1.82) is 0 Å². The van der Waals surface area contributed by atoms with E-state index >= 15 is 0 Å². The summed E-state index contributed by atoms with van der Waals surface area (Å²) in [5, 5.41) is 23.5. The number of hydrogen-bond donors (Lipinski definition) is 3. The highest BCUT2D eigenvalue weighted by Crippen LogP contribution is 2.31. The van der Waals surface area contributed by atoms with Crippen LogP contribution in [0.5, 0.6) is 11.5 Å². The van der Waals surface area contributed by atoms with E-state index in [1.165, 1.54) is 7.11 Å². The molecule has 1 fully saturated rings. The van der Waals surface area contributed by atoms with Crippen molar-refractivity contribution in [1.82, 2.24) is 5.32 Å². The lowest BCUT2D eigenvalue weighted by atomic mass is 9.79. The van der Waals surface area contributed by atoms with Crippen molar-refractivity contribution in [2.24, 2.45) is 5.92 Å². The molecule has 112 valence electrons. The predicted octanol–water partition coefficient (Wildman–Crippen LogP) is 2.43. The molecule has 4 nitrogen and oxygen atoms in total. The highest BCUT2D eigenvalue weighted by Gasteiger charge is 2.31. The van der Waals surface area contributed by atoms with Crippen LogP contribution in [0.1, 0.15) is 38.2 Å². The Hall–Kier alpha value is -1.26. The number of rotatable bonds is 5. The summed E-state index contributed by atoms with van der Waals surface area (Å²) in [6.45, 7) is 3.48. The Balaban J connectivity index is 1.82. The second kappa shape index (κ2) is 6.46. The average molecular weight is 279 g/mol. The van der Waals surface area contributed by atoms with Crippen LogP contribution in [0.25, 0.3) is 0 Å². The van der Waals surface area contributed by atoms with Gasteiger partial charge in [-0.2, -0.15) is 0 Å². The number of nitrogens with one attached hydrogen (secondary N) is 1. The minimum atomic E-state index is -0.568. The zero-order valence-corrected chi connectivity index (χ0v) is 12.4. The van der Waals surface area contributed by atoms with Crippen LogP contribution in [-0.4, -0.2) is 29.5 Å². The molecule has 0 amide bonds. The maximum Gasteiger partial charge on any atom is 0.160 e. The third kappa shape index (κ3) is 3.87. The number of ether oxygens (including phenoxy) is 1. The Bertz CT molecular complexity index is 439. The Labute approximate surface area is 120 Å². The van der Waals surface area contributed by atoms with Gasteiger partial charge in [-0.15, -0.1) is 0 Å². The van der Waals surface area contributed by atoms with E-state index in [-0.39, 0.29) is 5.75 Å².